The third-order valence-electron chi connectivity index (χ3n) is 4.63. The Morgan fingerprint density at radius 1 is 1.13 bits per heavy atom. The standard InChI is InChI=1S/C22H24N4O4S/c1-14(2)24-20(27)11-26-17-6-4-3-5-16(17)25-22(26)31-12-21(28)23-10-15-7-8-18-19(9-15)30-13-29-18/h3-9,14H,10-13H2,1-2H3,(H,23,28)(H,24,27). The summed E-state index contributed by atoms with van der Waals surface area (Å²) >= 11 is 1.31. The first-order chi connectivity index (χ1) is 15.0. The quantitative estimate of drug-likeness (QED) is 0.523. The normalized spacial score (nSPS) is 12.4. The minimum absolute atomic E-state index is 0.0559. The molecule has 2 amide bonds. The van der Waals surface area contributed by atoms with E-state index >= 15 is 0 Å². The van der Waals surface area contributed by atoms with Crippen LogP contribution in [-0.2, 0) is 22.7 Å². The summed E-state index contributed by atoms with van der Waals surface area (Å²) in [5.41, 5.74) is 2.59. The summed E-state index contributed by atoms with van der Waals surface area (Å²) in [5, 5.41) is 6.44. The fourth-order valence-electron chi connectivity index (χ4n) is 3.26. The van der Waals surface area contributed by atoms with Gasteiger partial charge < -0.3 is 24.7 Å². The van der Waals surface area contributed by atoms with Crippen LogP contribution < -0.4 is 20.1 Å². The molecule has 0 saturated carbocycles. The predicted molar refractivity (Wildman–Crippen MR) is 118 cm³/mol. The Hall–Kier alpha value is -3.20. The van der Waals surface area contributed by atoms with Crippen LogP contribution in [0.2, 0.25) is 0 Å². The molecule has 31 heavy (non-hydrogen) atoms. The summed E-state index contributed by atoms with van der Waals surface area (Å²) in [6.07, 6.45) is 0. The van der Waals surface area contributed by atoms with Crippen molar-refractivity contribution in [1.29, 1.82) is 0 Å². The average molecular weight is 441 g/mol. The van der Waals surface area contributed by atoms with Gasteiger partial charge in [0.1, 0.15) is 6.54 Å². The number of thioether (sulfide) groups is 1. The molecule has 2 N–H and O–H groups in total. The van der Waals surface area contributed by atoms with Crippen molar-refractivity contribution in [3.8, 4) is 11.5 Å². The molecule has 0 bridgehead atoms. The number of nitrogens with zero attached hydrogens (tertiary/aromatic N) is 2. The maximum Gasteiger partial charge on any atom is 0.240 e. The molecule has 1 aromatic heterocycles. The van der Waals surface area contributed by atoms with Gasteiger partial charge in [0.25, 0.3) is 0 Å². The SMILES string of the molecule is CC(C)NC(=O)Cn1c(SCC(=O)NCc2ccc3c(c2)OCO3)nc2ccccc21. The molecule has 0 fully saturated rings. The van der Waals surface area contributed by atoms with Gasteiger partial charge in [0.15, 0.2) is 16.7 Å². The molecule has 162 valence electrons. The highest BCUT2D eigenvalue weighted by Crippen LogP contribution is 2.32. The van der Waals surface area contributed by atoms with Crippen LogP contribution in [0.15, 0.2) is 47.6 Å². The summed E-state index contributed by atoms with van der Waals surface area (Å²) in [4.78, 5) is 29.4. The number of benzene rings is 2. The Kier molecular flexibility index (Phi) is 6.31. The van der Waals surface area contributed by atoms with E-state index in [-0.39, 0.29) is 36.9 Å². The van der Waals surface area contributed by atoms with E-state index in [1.54, 1.807) is 0 Å². The van der Waals surface area contributed by atoms with Gasteiger partial charge in [0.2, 0.25) is 18.6 Å². The smallest absolute Gasteiger partial charge is 0.240 e. The van der Waals surface area contributed by atoms with E-state index in [0.29, 0.717) is 23.2 Å². The van der Waals surface area contributed by atoms with Gasteiger partial charge >= 0.3 is 0 Å². The number of carbonyl (C=O) groups is 2. The minimum Gasteiger partial charge on any atom is -0.454 e. The number of ether oxygens (including phenoxy) is 2. The molecule has 2 aromatic carbocycles. The molecule has 8 nitrogen and oxygen atoms in total. The number of carbonyl (C=O) groups excluding carboxylic acids is 2. The van der Waals surface area contributed by atoms with Crippen LogP contribution >= 0.6 is 11.8 Å². The molecule has 4 rings (SSSR count). The lowest BCUT2D eigenvalue weighted by Gasteiger charge is -2.12. The van der Waals surface area contributed by atoms with Crippen molar-refractivity contribution in [3.05, 3.63) is 48.0 Å². The number of hydrogen-bond acceptors (Lipinski definition) is 6. The molecule has 2 heterocycles. The Morgan fingerprint density at radius 2 is 1.94 bits per heavy atom. The average Bonchev–Trinajstić information content (AvgIpc) is 3.34. The van der Waals surface area contributed by atoms with Gasteiger partial charge in [-0.15, -0.1) is 0 Å². The third kappa shape index (κ3) is 5.11. The maximum absolute atomic E-state index is 12.4. The molecule has 0 radical (unpaired) electrons. The monoisotopic (exact) mass is 440 g/mol. The molecular formula is C22H24N4O4S. The molecule has 9 heteroatoms. The Balaban J connectivity index is 1.39. The largest absolute Gasteiger partial charge is 0.454 e. The molecule has 0 unspecified atom stereocenters. The number of nitrogens with one attached hydrogen (secondary N) is 2. The second-order valence-corrected chi connectivity index (χ2v) is 8.39. The molecule has 1 aliphatic heterocycles. The number of rotatable bonds is 8. The van der Waals surface area contributed by atoms with Gasteiger partial charge in [0.05, 0.1) is 16.8 Å². The van der Waals surface area contributed by atoms with Gasteiger partial charge in [0, 0.05) is 12.6 Å². The lowest BCUT2D eigenvalue weighted by atomic mass is 10.2. The van der Waals surface area contributed by atoms with Crippen molar-refractivity contribution in [2.24, 2.45) is 0 Å². The highest BCUT2D eigenvalue weighted by Gasteiger charge is 2.17. The van der Waals surface area contributed by atoms with E-state index < -0.39 is 0 Å². The number of hydrogen-bond donors (Lipinski definition) is 2. The Bertz CT molecular complexity index is 1110. The zero-order valence-corrected chi connectivity index (χ0v) is 18.2. The van der Waals surface area contributed by atoms with E-state index in [0.717, 1.165) is 16.6 Å². The predicted octanol–water partition coefficient (Wildman–Crippen LogP) is 2.70. The summed E-state index contributed by atoms with van der Waals surface area (Å²) in [6.45, 7) is 4.61. The molecule has 0 atom stereocenters. The fourth-order valence-corrected chi connectivity index (χ4v) is 4.10. The minimum atomic E-state index is -0.118. The van der Waals surface area contributed by atoms with E-state index in [1.165, 1.54) is 11.8 Å². The third-order valence-corrected chi connectivity index (χ3v) is 5.61. The zero-order chi connectivity index (χ0) is 21.8. The number of imidazole rings is 1. The first-order valence-corrected chi connectivity index (χ1v) is 11.0. The number of para-hydroxylation sites is 2. The van der Waals surface area contributed by atoms with Crippen LogP contribution in [0.4, 0.5) is 0 Å². The topological polar surface area (TPSA) is 94.5 Å². The van der Waals surface area contributed by atoms with Gasteiger partial charge in [-0.05, 0) is 43.7 Å². The van der Waals surface area contributed by atoms with Crippen LogP contribution in [0.25, 0.3) is 11.0 Å². The Morgan fingerprint density at radius 3 is 2.77 bits per heavy atom. The van der Waals surface area contributed by atoms with Gasteiger partial charge in [-0.2, -0.15) is 0 Å². The maximum atomic E-state index is 12.4. The van der Waals surface area contributed by atoms with Crippen LogP contribution in [0.3, 0.4) is 0 Å². The number of fused-ring (bicyclic) bond motifs is 2. The van der Waals surface area contributed by atoms with Crippen LogP contribution in [0.1, 0.15) is 19.4 Å². The van der Waals surface area contributed by atoms with Crippen molar-refractivity contribution >= 4 is 34.6 Å². The fraction of sp³-hybridized carbons (Fsp3) is 0.318. The van der Waals surface area contributed by atoms with E-state index in [4.69, 9.17) is 9.47 Å². The van der Waals surface area contributed by atoms with Crippen molar-refractivity contribution in [2.75, 3.05) is 12.5 Å². The van der Waals surface area contributed by atoms with Crippen molar-refractivity contribution in [1.82, 2.24) is 20.2 Å². The van der Waals surface area contributed by atoms with Crippen LogP contribution in [0.5, 0.6) is 11.5 Å². The van der Waals surface area contributed by atoms with E-state index in [1.807, 2.05) is 60.9 Å². The summed E-state index contributed by atoms with van der Waals surface area (Å²) in [5.74, 6) is 1.39. The first kappa shape index (κ1) is 21.0. The molecule has 0 saturated heterocycles. The highest BCUT2D eigenvalue weighted by molar-refractivity contribution is 7.99. The summed E-state index contributed by atoms with van der Waals surface area (Å²) in [7, 11) is 0. The van der Waals surface area contributed by atoms with Gasteiger partial charge in [-0.3, -0.25) is 9.59 Å². The van der Waals surface area contributed by atoms with Crippen molar-refractivity contribution in [3.63, 3.8) is 0 Å². The van der Waals surface area contributed by atoms with Crippen molar-refractivity contribution < 1.29 is 19.1 Å². The highest BCUT2D eigenvalue weighted by atomic mass is 32.2. The summed E-state index contributed by atoms with van der Waals surface area (Å²) < 4.78 is 12.5. The molecule has 0 aliphatic carbocycles. The second-order valence-electron chi connectivity index (χ2n) is 7.44. The second kappa shape index (κ2) is 9.30. The number of aromatic nitrogens is 2. The van der Waals surface area contributed by atoms with E-state index in [9.17, 15) is 9.59 Å². The van der Waals surface area contributed by atoms with Crippen LogP contribution in [0, 0.1) is 0 Å². The van der Waals surface area contributed by atoms with Gasteiger partial charge in [-0.1, -0.05) is 30.0 Å². The van der Waals surface area contributed by atoms with E-state index in [2.05, 4.69) is 15.6 Å². The lowest BCUT2D eigenvalue weighted by Crippen LogP contribution is -2.33. The first-order valence-electron chi connectivity index (χ1n) is 10.0. The molecular weight excluding hydrogens is 416 g/mol. The molecule has 3 aromatic rings. The Labute approximate surface area is 184 Å². The molecule has 0 spiro atoms. The van der Waals surface area contributed by atoms with Crippen LogP contribution in [-0.4, -0.2) is 40.0 Å². The van der Waals surface area contributed by atoms with Crippen molar-refractivity contribution in [2.45, 2.75) is 38.1 Å². The number of amides is 2. The van der Waals surface area contributed by atoms with Gasteiger partial charge in [-0.25, -0.2) is 4.98 Å². The summed E-state index contributed by atoms with van der Waals surface area (Å²) in [6, 6.07) is 13.3. The zero-order valence-electron chi connectivity index (χ0n) is 17.4. The molecule has 1 aliphatic rings. The lowest BCUT2D eigenvalue weighted by molar-refractivity contribution is -0.122.